The zero-order valence-corrected chi connectivity index (χ0v) is 17.1. The number of carbonyl (C=O) groups is 1. The van der Waals surface area contributed by atoms with Crippen LogP contribution in [0.15, 0.2) is 53.4 Å². The summed E-state index contributed by atoms with van der Waals surface area (Å²) in [7, 11) is -3.62. The molecule has 0 atom stereocenters. The van der Waals surface area contributed by atoms with E-state index in [9.17, 15) is 26.4 Å². The Morgan fingerprint density at radius 1 is 1.03 bits per heavy atom. The Morgan fingerprint density at radius 3 is 2.27 bits per heavy atom. The largest absolute Gasteiger partial charge is 0.416 e. The normalized spacial score (nSPS) is 15.8. The number of nitrogens with one attached hydrogen (secondary N) is 1. The van der Waals surface area contributed by atoms with Crippen LogP contribution in [0.1, 0.15) is 11.1 Å². The highest BCUT2D eigenvalue weighted by molar-refractivity contribution is 7.89. The lowest BCUT2D eigenvalue weighted by molar-refractivity contribution is -0.138. The lowest BCUT2D eigenvalue weighted by atomic mass is 10.1. The van der Waals surface area contributed by atoms with Crippen molar-refractivity contribution in [3.05, 3.63) is 59.7 Å². The van der Waals surface area contributed by atoms with Crippen LogP contribution in [0.5, 0.6) is 0 Å². The van der Waals surface area contributed by atoms with E-state index in [0.717, 1.165) is 6.07 Å². The molecule has 0 aromatic heterocycles. The summed E-state index contributed by atoms with van der Waals surface area (Å²) in [6.45, 7) is 1.95. The number of anilines is 1. The van der Waals surface area contributed by atoms with E-state index in [2.05, 4.69) is 5.32 Å². The molecule has 3 rings (SSSR count). The predicted molar refractivity (Wildman–Crippen MR) is 106 cm³/mol. The number of hydrogen-bond donors (Lipinski definition) is 1. The Morgan fingerprint density at radius 2 is 1.67 bits per heavy atom. The standard InChI is InChI=1S/C20H22F3N3O3S/c1-15-7-8-16(13-18(15)20(21,22)23)24-14-19(27)25-9-11-26(12-10-25)30(28,29)17-5-3-2-4-6-17/h2-8,13,24H,9-12,14H2,1H3. The molecule has 0 aliphatic carbocycles. The van der Waals surface area contributed by atoms with Crippen molar-refractivity contribution in [2.75, 3.05) is 38.0 Å². The van der Waals surface area contributed by atoms with Gasteiger partial charge >= 0.3 is 6.18 Å². The van der Waals surface area contributed by atoms with Gasteiger partial charge in [-0.3, -0.25) is 4.79 Å². The monoisotopic (exact) mass is 441 g/mol. The molecule has 2 aromatic rings. The third kappa shape index (κ3) is 4.93. The van der Waals surface area contributed by atoms with E-state index < -0.39 is 21.8 Å². The lowest BCUT2D eigenvalue weighted by Gasteiger charge is -2.34. The number of hydrogen-bond acceptors (Lipinski definition) is 4. The van der Waals surface area contributed by atoms with E-state index in [1.165, 1.54) is 40.4 Å². The topological polar surface area (TPSA) is 69.7 Å². The molecule has 0 radical (unpaired) electrons. The van der Waals surface area contributed by atoms with Crippen LogP contribution < -0.4 is 5.32 Å². The van der Waals surface area contributed by atoms with Crippen molar-refractivity contribution in [1.82, 2.24) is 9.21 Å². The number of aryl methyl sites for hydroxylation is 1. The Bertz CT molecular complexity index is 1000. The maximum absolute atomic E-state index is 13.0. The zero-order valence-electron chi connectivity index (χ0n) is 16.3. The van der Waals surface area contributed by atoms with Crippen LogP contribution >= 0.6 is 0 Å². The van der Waals surface area contributed by atoms with Crippen LogP contribution in [0.4, 0.5) is 18.9 Å². The molecule has 1 N–H and O–H groups in total. The lowest BCUT2D eigenvalue weighted by Crippen LogP contribution is -2.51. The molecule has 1 fully saturated rings. The molecule has 0 unspecified atom stereocenters. The average molecular weight is 441 g/mol. The third-order valence-electron chi connectivity index (χ3n) is 4.96. The van der Waals surface area contributed by atoms with Gasteiger partial charge in [0, 0.05) is 31.9 Å². The van der Waals surface area contributed by atoms with Gasteiger partial charge in [-0.25, -0.2) is 8.42 Å². The van der Waals surface area contributed by atoms with Gasteiger partial charge in [0.1, 0.15) is 0 Å². The summed E-state index contributed by atoms with van der Waals surface area (Å²) < 4.78 is 65.6. The molecule has 1 heterocycles. The summed E-state index contributed by atoms with van der Waals surface area (Å²) in [5.41, 5.74) is -0.443. The number of sulfonamides is 1. The first kappa shape index (κ1) is 22.1. The number of amides is 1. The van der Waals surface area contributed by atoms with E-state index in [1.807, 2.05) is 0 Å². The minimum absolute atomic E-state index is 0.107. The fraction of sp³-hybridized carbons (Fsp3) is 0.350. The molecule has 1 amide bonds. The molecule has 30 heavy (non-hydrogen) atoms. The average Bonchev–Trinajstić information content (AvgIpc) is 2.73. The smallest absolute Gasteiger partial charge is 0.376 e. The van der Waals surface area contributed by atoms with Crippen LogP contribution in [0.3, 0.4) is 0 Å². The fourth-order valence-corrected chi connectivity index (χ4v) is 4.69. The van der Waals surface area contributed by atoms with Gasteiger partial charge in [0.05, 0.1) is 17.0 Å². The van der Waals surface area contributed by atoms with Gasteiger partial charge in [-0.2, -0.15) is 17.5 Å². The molecule has 0 bridgehead atoms. The van der Waals surface area contributed by atoms with Crippen LogP contribution in [0.2, 0.25) is 0 Å². The number of piperazine rings is 1. The number of carbonyl (C=O) groups excluding carboxylic acids is 1. The molecule has 0 spiro atoms. The number of alkyl halides is 3. The first-order valence-electron chi connectivity index (χ1n) is 9.34. The quantitative estimate of drug-likeness (QED) is 0.775. The summed E-state index contributed by atoms with van der Waals surface area (Å²) in [4.78, 5) is 14.1. The second-order valence-electron chi connectivity index (χ2n) is 6.98. The molecule has 2 aromatic carbocycles. The van der Waals surface area contributed by atoms with Gasteiger partial charge in [-0.15, -0.1) is 0 Å². The van der Waals surface area contributed by atoms with Gasteiger partial charge in [-0.1, -0.05) is 24.3 Å². The highest BCUT2D eigenvalue weighted by Gasteiger charge is 2.33. The predicted octanol–water partition coefficient (Wildman–Crippen LogP) is 2.96. The van der Waals surface area contributed by atoms with Crippen molar-refractivity contribution in [2.24, 2.45) is 0 Å². The molecule has 1 aliphatic rings. The molecule has 0 saturated carbocycles. The van der Waals surface area contributed by atoms with E-state index in [1.54, 1.807) is 18.2 Å². The summed E-state index contributed by atoms with van der Waals surface area (Å²) >= 11 is 0. The molecule has 1 aliphatic heterocycles. The minimum Gasteiger partial charge on any atom is -0.376 e. The van der Waals surface area contributed by atoms with Crippen molar-refractivity contribution in [3.63, 3.8) is 0 Å². The van der Waals surface area contributed by atoms with Crippen molar-refractivity contribution in [3.8, 4) is 0 Å². The molecule has 162 valence electrons. The Balaban J connectivity index is 1.56. The maximum Gasteiger partial charge on any atom is 0.416 e. The molecule has 6 nitrogen and oxygen atoms in total. The van der Waals surface area contributed by atoms with E-state index in [4.69, 9.17) is 0 Å². The molecular weight excluding hydrogens is 419 g/mol. The second-order valence-corrected chi connectivity index (χ2v) is 8.92. The van der Waals surface area contributed by atoms with Gasteiger partial charge < -0.3 is 10.2 Å². The molecule has 10 heteroatoms. The fourth-order valence-electron chi connectivity index (χ4n) is 3.25. The highest BCUT2D eigenvalue weighted by Crippen LogP contribution is 2.33. The van der Waals surface area contributed by atoms with Crippen molar-refractivity contribution < 1.29 is 26.4 Å². The summed E-state index contributed by atoms with van der Waals surface area (Å²) in [5, 5.41) is 2.73. The van der Waals surface area contributed by atoms with Crippen molar-refractivity contribution >= 4 is 21.6 Å². The van der Waals surface area contributed by atoms with Crippen LogP contribution in [-0.2, 0) is 21.0 Å². The molecule has 1 saturated heterocycles. The van der Waals surface area contributed by atoms with Crippen LogP contribution in [0.25, 0.3) is 0 Å². The number of rotatable bonds is 5. The Kier molecular flexibility index (Phi) is 6.37. The summed E-state index contributed by atoms with van der Waals surface area (Å²) in [6, 6.07) is 11.9. The maximum atomic E-state index is 13.0. The minimum atomic E-state index is -4.47. The zero-order chi connectivity index (χ0) is 21.9. The van der Waals surface area contributed by atoms with Gasteiger partial charge in [0.15, 0.2) is 0 Å². The number of nitrogens with zero attached hydrogens (tertiary/aromatic N) is 2. The SMILES string of the molecule is Cc1ccc(NCC(=O)N2CCN(S(=O)(=O)c3ccccc3)CC2)cc1C(F)(F)F. The van der Waals surface area contributed by atoms with Gasteiger partial charge in [-0.05, 0) is 36.8 Å². The number of benzene rings is 2. The van der Waals surface area contributed by atoms with Gasteiger partial charge in [0.25, 0.3) is 0 Å². The highest BCUT2D eigenvalue weighted by atomic mass is 32.2. The van der Waals surface area contributed by atoms with E-state index >= 15 is 0 Å². The van der Waals surface area contributed by atoms with E-state index in [-0.39, 0.29) is 54.8 Å². The van der Waals surface area contributed by atoms with Gasteiger partial charge in [0.2, 0.25) is 15.9 Å². The van der Waals surface area contributed by atoms with Crippen molar-refractivity contribution in [2.45, 2.75) is 18.0 Å². The number of halogens is 3. The third-order valence-corrected chi connectivity index (χ3v) is 6.87. The Hall–Kier alpha value is -2.59. The first-order chi connectivity index (χ1) is 14.1. The van der Waals surface area contributed by atoms with Crippen molar-refractivity contribution in [1.29, 1.82) is 0 Å². The molecular formula is C20H22F3N3O3S. The van der Waals surface area contributed by atoms with Crippen LogP contribution in [0, 0.1) is 6.92 Å². The van der Waals surface area contributed by atoms with E-state index in [0.29, 0.717) is 0 Å². The summed E-state index contributed by atoms with van der Waals surface area (Å²) in [5.74, 6) is -0.305. The Labute approximate surface area is 173 Å². The first-order valence-corrected chi connectivity index (χ1v) is 10.8. The van der Waals surface area contributed by atoms with Crippen LogP contribution in [-0.4, -0.2) is 56.3 Å². The summed E-state index contributed by atoms with van der Waals surface area (Å²) in [6.07, 6.45) is -4.47. The second kappa shape index (κ2) is 8.65.